The maximum absolute atomic E-state index is 11.6. The number of allylic oxidation sites excluding steroid dienone is 1. The molecule has 0 spiro atoms. The zero-order valence-electron chi connectivity index (χ0n) is 15.6. The summed E-state index contributed by atoms with van der Waals surface area (Å²) in [4.78, 5) is 0. The predicted octanol–water partition coefficient (Wildman–Crippen LogP) is 3.09. The zero-order valence-corrected chi connectivity index (χ0v) is 15.6. The van der Waals surface area contributed by atoms with E-state index in [4.69, 9.17) is 0 Å². The number of fused-ring (bicyclic) bond motifs is 4. The first-order chi connectivity index (χ1) is 12.4. The second kappa shape index (κ2) is 5.43. The third-order valence-corrected chi connectivity index (χ3v) is 8.35. The van der Waals surface area contributed by atoms with E-state index in [0.29, 0.717) is 5.92 Å². The Morgan fingerprint density at radius 3 is 2.58 bits per heavy atom. The van der Waals surface area contributed by atoms with Crippen LogP contribution in [0.4, 0.5) is 0 Å². The maximum atomic E-state index is 11.6. The van der Waals surface area contributed by atoms with Gasteiger partial charge in [0.15, 0.2) is 0 Å². The van der Waals surface area contributed by atoms with Crippen molar-refractivity contribution in [2.24, 2.45) is 28.6 Å². The molecule has 0 heterocycles. The van der Waals surface area contributed by atoms with Crippen molar-refractivity contribution in [3.63, 3.8) is 0 Å². The van der Waals surface area contributed by atoms with E-state index >= 15 is 0 Å². The van der Waals surface area contributed by atoms with Crippen LogP contribution >= 0.6 is 0 Å². The van der Waals surface area contributed by atoms with Gasteiger partial charge in [0.25, 0.3) is 0 Å². The maximum Gasteiger partial charge on any atom is 0.0694 e. The molecule has 4 aliphatic carbocycles. The first kappa shape index (κ1) is 17.0. The monoisotopic (exact) mass is 354 g/mol. The fourth-order valence-electron chi connectivity index (χ4n) is 7.46. The average Bonchev–Trinajstić information content (AvgIpc) is 2.54. The first-order valence-corrected chi connectivity index (χ1v) is 10.2. The Morgan fingerprint density at radius 2 is 1.92 bits per heavy atom. The molecule has 1 aromatic carbocycles. The van der Waals surface area contributed by atoms with Crippen LogP contribution in [-0.4, -0.2) is 33.6 Å². The standard InChI is InChI=1S/C23H30O3/c1-21-11-16-10-17(9-15-5-3-2-4-6-15)19(21)20(25)22(14-24)8-7-18(22)23(26,12-16)13-21/h2-6,10,16,18-20,24-26H,7-9,11-14H2,1H3. The molecule has 3 heteroatoms. The number of hydrogen-bond donors (Lipinski definition) is 3. The quantitative estimate of drug-likeness (QED) is 0.731. The van der Waals surface area contributed by atoms with Gasteiger partial charge in [-0.2, -0.15) is 0 Å². The summed E-state index contributed by atoms with van der Waals surface area (Å²) in [5, 5.41) is 33.5. The van der Waals surface area contributed by atoms with Crippen LogP contribution in [-0.2, 0) is 6.42 Å². The van der Waals surface area contributed by atoms with E-state index < -0.39 is 17.1 Å². The fourth-order valence-corrected chi connectivity index (χ4v) is 7.46. The molecule has 0 aromatic heterocycles. The fraction of sp³-hybridized carbons (Fsp3) is 0.652. The summed E-state index contributed by atoms with van der Waals surface area (Å²) in [7, 11) is 0. The first-order valence-electron chi connectivity index (χ1n) is 10.2. The minimum atomic E-state index is -0.733. The average molecular weight is 354 g/mol. The van der Waals surface area contributed by atoms with Crippen molar-refractivity contribution in [1.82, 2.24) is 0 Å². The summed E-state index contributed by atoms with van der Waals surface area (Å²) in [6.45, 7) is 2.25. The minimum Gasteiger partial charge on any atom is -0.396 e. The second-order valence-corrected chi connectivity index (χ2v) is 9.91. The van der Waals surface area contributed by atoms with Crippen LogP contribution < -0.4 is 0 Å². The molecule has 140 valence electrons. The lowest BCUT2D eigenvalue weighted by atomic mass is 9.51. The van der Waals surface area contributed by atoms with Gasteiger partial charge < -0.3 is 15.3 Å². The number of rotatable bonds is 3. The topological polar surface area (TPSA) is 60.7 Å². The summed E-state index contributed by atoms with van der Waals surface area (Å²) in [6, 6.07) is 10.5. The number of aliphatic hydroxyl groups is 3. The Kier molecular flexibility index (Phi) is 3.55. The van der Waals surface area contributed by atoms with Gasteiger partial charge in [-0.15, -0.1) is 0 Å². The molecular formula is C23H30O3. The second-order valence-electron chi connectivity index (χ2n) is 9.91. The van der Waals surface area contributed by atoms with Crippen molar-refractivity contribution in [3.8, 4) is 0 Å². The molecule has 0 radical (unpaired) electrons. The van der Waals surface area contributed by atoms with Gasteiger partial charge in [0.05, 0.1) is 18.3 Å². The molecule has 26 heavy (non-hydrogen) atoms. The smallest absolute Gasteiger partial charge is 0.0694 e. The van der Waals surface area contributed by atoms with Crippen LogP contribution in [0.15, 0.2) is 42.0 Å². The molecule has 7 atom stereocenters. The van der Waals surface area contributed by atoms with E-state index in [-0.39, 0.29) is 23.9 Å². The van der Waals surface area contributed by atoms with Crippen molar-refractivity contribution < 1.29 is 15.3 Å². The van der Waals surface area contributed by atoms with Crippen molar-refractivity contribution in [1.29, 1.82) is 0 Å². The summed E-state index contributed by atoms with van der Waals surface area (Å²) in [5.74, 6) is 0.450. The lowest BCUT2D eigenvalue weighted by Crippen LogP contribution is -2.60. The summed E-state index contributed by atoms with van der Waals surface area (Å²) in [6.07, 6.45) is 7.00. The van der Waals surface area contributed by atoms with Gasteiger partial charge in [0.1, 0.15) is 0 Å². The third-order valence-electron chi connectivity index (χ3n) is 8.35. The van der Waals surface area contributed by atoms with Crippen LogP contribution in [0.25, 0.3) is 0 Å². The lowest BCUT2D eigenvalue weighted by molar-refractivity contribution is -0.195. The highest BCUT2D eigenvalue weighted by Gasteiger charge is 2.69. The van der Waals surface area contributed by atoms with Crippen molar-refractivity contribution in [2.75, 3.05) is 6.61 Å². The van der Waals surface area contributed by atoms with Gasteiger partial charge in [0, 0.05) is 11.3 Å². The minimum absolute atomic E-state index is 0.0169. The molecule has 7 unspecified atom stereocenters. The van der Waals surface area contributed by atoms with Crippen molar-refractivity contribution in [3.05, 3.63) is 47.5 Å². The van der Waals surface area contributed by atoms with Crippen LogP contribution in [0.5, 0.6) is 0 Å². The Balaban J connectivity index is 1.62. The molecule has 3 fully saturated rings. The Bertz CT molecular complexity index is 739. The highest BCUT2D eigenvalue weighted by molar-refractivity contribution is 5.33. The molecule has 0 saturated heterocycles. The SMILES string of the molecule is CC12CC3C=C(Cc4ccccc4)C1C(O)C1(CO)CCC1C(O)(C3)C2. The van der Waals surface area contributed by atoms with E-state index in [1.807, 2.05) is 6.07 Å². The summed E-state index contributed by atoms with van der Waals surface area (Å²) in [5.41, 5.74) is 1.26. The van der Waals surface area contributed by atoms with Gasteiger partial charge in [-0.25, -0.2) is 0 Å². The van der Waals surface area contributed by atoms with E-state index in [9.17, 15) is 15.3 Å². The van der Waals surface area contributed by atoms with Crippen LogP contribution in [0, 0.1) is 28.6 Å². The lowest BCUT2D eigenvalue weighted by Gasteiger charge is -2.57. The highest BCUT2D eigenvalue weighted by atomic mass is 16.3. The normalized spacial score (nSPS) is 49.0. The molecule has 0 amide bonds. The van der Waals surface area contributed by atoms with Crippen molar-refractivity contribution >= 4 is 0 Å². The third kappa shape index (κ3) is 2.11. The molecule has 5 rings (SSSR count). The highest BCUT2D eigenvalue weighted by Crippen LogP contribution is 2.69. The molecule has 0 aliphatic heterocycles. The van der Waals surface area contributed by atoms with Gasteiger partial charge in [-0.3, -0.25) is 0 Å². The number of aliphatic hydroxyl groups excluding tert-OH is 2. The predicted molar refractivity (Wildman–Crippen MR) is 100 cm³/mol. The Labute approximate surface area is 155 Å². The van der Waals surface area contributed by atoms with Gasteiger partial charge in [-0.1, -0.05) is 48.9 Å². The molecule has 1 aromatic rings. The molecule has 4 aliphatic rings. The molecule has 3 nitrogen and oxygen atoms in total. The molecule has 3 N–H and O–H groups in total. The summed E-state index contributed by atoms with van der Waals surface area (Å²) >= 11 is 0. The van der Waals surface area contributed by atoms with Crippen LogP contribution in [0.1, 0.15) is 44.6 Å². The summed E-state index contributed by atoms with van der Waals surface area (Å²) < 4.78 is 0. The number of benzene rings is 1. The van der Waals surface area contributed by atoms with Gasteiger partial charge >= 0.3 is 0 Å². The van der Waals surface area contributed by atoms with E-state index in [0.717, 1.165) is 38.5 Å². The van der Waals surface area contributed by atoms with E-state index in [1.54, 1.807) is 0 Å². The molecule has 3 saturated carbocycles. The Morgan fingerprint density at radius 1 is 1.15 bits per heavy atom. The zero-order chi connectivity index (χ0) is 18.2. The number of hydrogen-bond acceptors (Lipinski definition) is 3. The van der Waals surface area contributed by atoms with Crippen LogP contribution in [0.2, 0.25) is 0 Å². The van der Waals surface area contributed by atoms with Gasteiger partial charge in [-0.05, 0) is 61.3 Å². The molecule has 3 bridgehead atoms. The molecular weight excluding hydrogens is 324 g/mol. The van der Waals surface area contributed by atoms with E-state index in [1.165, 1.54) is 11.1 Å². The largest absolute Gasteiger partial charge is 0.396 e. The van der Waals surface area contributed by atoms with Crippen LogP contribution in [0.3, 0.4) is 0 Å². The van der Waals surface area contributed by atoms with Gasteiger partial charge in [0.2, 0.25) is 0 Å². The Hall–Kier alpha value is -1.16. The van der Waals surface area contributed by atoms with E-state index in [2.05, 4.69) is 37.3 Å². The van der Waals surface area contributed by atoms with Crippen molar-refractivity contribution in [2.45, 2.75) is 57.2 Å².